The van der Waals surface area contributed by atoms with Gasteiger partial charge in [-0.1, -0.05) is 58.8 Å². The summed E-state index contributed by atoms with van der Waals surface area (Å²) in [5.74, 6) is 0.447. The van der Waals surface area contributed by atoms with Gasteiger partial charge in [-0.15, -0.1) is 0 Å². The van der Waals surface area contributed by atoms with E-state index in [0.29, 0.717) is 6.42 Å². The summed E-state index contributed by atoms with van der Waals surface area (Å²) >= 11 is 0. The summed E-state index contributed by atoms with van der Waals surface area (Å²) in [5, 5.41) is 9.92. The van der Waals surface area contributed by atoms with Crippen molar-refractivity contribution in [3.05, 3.63) is 5.21 Å². The fourth-order valence-electron chi connectivity index (χ4n) is 1.77. The number of amides is 1. The molecule has 17 heavy (non-hydrogen) atoms. The van der Waals surface area contributed by atoms with Crippen LogP contribution in [0.1, 0.15) is 71.6 Å². The first-order valence-corrected chi connectivity index (χ1v) is 6.57. The molecule has 0 aromatic rings. The maximum absolute atomic E-state index is 10.6. The van der Waals surface area contributed by atoms with E-state index in [1.54, 1.807) is 0 Å². The average Bonchev–Trinajstić information content (AvgIpc) is 2.26. The molecule has 0 saturated carbocycles. The van der Waals surface area contributed by atoms with Crippen LogP contribution < -0.4 is 35.0 Å². The Morgan fingerprint density at radius 1 is 1.00 bits per heavy atom. The van der Waals surface area contributed by atoms with Crippen LogP contribution in [0.25, 0.3) is 0 Å². The quantitative estimate of drug-likeness (QED) is 0.354. The molecule has 0 radical (unpaired) electrons. The molecule has 0 aliphatic heterocycles. The molecule has 1 N–H and O–H groups in total. The molecule has 0 aliphatic carbocycles. The second kappa shape index (κ2) is 14.5. The molecular formula is C13H26NNaO2. The van der Waals surface area contributed by atoms with E-state index >= 15 is 0 Å². The number of nitrogens with one attached hydrogen (secondary N) is 1. The minimum atomic E-state index is -0.378. The molecule has 0 unspecified atom stereocenters. The third-order valence-electron chi connectivity index (χ3n) is 2.80. The number of rotatable bonds is 10. The molecule has 0 rings (SSSR count). The fourth-order valence-corrected chi connectivity index (χ4v) is 1.77. The minimum absolute atomic E-state index is 0. The van der Waals surface area contributed by atoms with E-state index < -0.39 is 0 Å². The maximum Gasteiger partial charge on any atom is 1.00 e. The van der Waals surface area contributed by atoms with Gasteiger partial charge < -0.3 is 10.7 Å². The standard InChI is InChI=1S/C13H26NO2.Na/c1-12(2)10-8-6-4-3-5-7-9-11-13(15)14-16;/h12H,3-11H2,1-2H3,(H-,14,15,16);/q-1;+1. The number of unbranched alkanes of at least 4 members (excludes halogenated alkanes) is 6. The van der Waals surface area contributed by atoms with Gasteiger partial charge in [-0.2, -0.15) is 0 Å². The average molecular weight is 251 g/mol. The Morgan fingerprint density at radius 3 is 1.94 bits per heavy atom. The molecule has 1 amide bonds. The van der Waals surface area contributed by atoms with Crippen molar-refractivity contribution < 1.29 is 34.4 Å². The van der Waals surface area contributed by atoms with E-state index in [0.717, 1.165) is 18.8 Å². The minimum Gasteiger partial charge on any atom is -0.759 e. The van der Waals surface area contributed by atoms with Crippen LogP contribution in [-0.2, 0) is 4.79 Å². The molecule has 0 aromatic carbocycles. The smallest absolute Gasteiger partial charge is 0.759 e. The Labute approximate surface area is 128 Å². The Hall–Kier alpha value is 0.430. The molecule has 4 heteroatoms. The Kier molecular flexibility index (Phi) is 16.8. The van der Waals surface area contributed by atoms with Gasteiger partial charge >= 0.3 is 29.6 Å². The van der Waals surface area contributed by atoms with E-state index in [1.807, 2.05) is 0 Å². The van der Waals surface area contributed by atoms with Gasteiger partial charge in [0, 0.05) is 6.42 Å². The zero-order chi connectivity index (χ0) is 12.2. The maximum atomic E-state index is 10.6. The van der Waals surface area contributed by atoms with E-state index in [9.17, 15) is 10.0 Å². The molecule has 0 heterocycles. The molecule has 96 valence electrons. The van der Waals surface area contributed by atoms with Gasteiger partial charge in [0.2, 0.25) is 5.91 Å². The first-order chi connectivity index (χ1) is 7.66. The summed E-state index contributed by atoms with van der Waals surface area (Å²) in [6.45, 7) is 4.53. The molecule has 0 spiro atoms. The Bertz CT molecular complexity index is 175. The predicted octanol–water partition coefficient (Wildman–Crippen LogP) is 0.771. The van der Waals surface area contributed by atoms with Crippen LogP contribution >= 0.6 is 0 Å². The van der Waals surface area contributed by atoms with Gasteiger partial charge in [0.25, 0.3) is 0 Å². The van der Waals surface area contributed by atoms with Gasteiger partial charge in [0.05, 0.1) is 0 Å². The second-order valence-corrected chi connectivity index (χ2v) is 4.93. The molecule has 0 aliphatic rings. The van der Waals surface area contributed by atoms with Crippen molar-refractivity contribution in [2.45, 2.75) is 71.6 Å². The normalized spacial score (nSPS) is 10.1. The SMILES string of the molecule is CC(C)CCCCCCCCCC(=O)N[O-].[Na+]. The third kappa shape index (κ3) is 16.4. The Balaban J connectivity index is 0. The second-order valence-electron chi connectivity index (χ2n) is 4.93. The van der Waals surface area contributed by atoms with Crippen LogP contribution in [0, 0.1) is 11.1 Å². The molecule has 3 nitrogen and oxygen atoms in total. The van der Waals surface area contributed by atoms with Crippen molar-refractivity contribution in [3.8, 4) is 0 Å². The molecule has 0 saturated heterocycles. The predicted molar refractivity (Wildman–Crippen MR) is 67.9 cm³/mol. The molecule has 0 atom stereocenters. The van der Waals surface area contributed by atoms with E-state index in [-0.39, 0.29) is 35.5 Å². The van der Waals surface area contributed by atoms with E-state index in [4.69, 9.17) is 0 Å². The summed E-state index contributed by atoms with van der Waals surface area (Å²) in [6, 6.07) is 0. The van der Waals surface area contributed by atoms with Crippen molar-refractivity contribution >= 4 is 5.91 Å². The van der Waals surface area contributed by atoms with Crippen LogP contribution in [0.4, 0.5) is 0 Å². The van der Waals surface area contributed by atoms with Crippen molar-refractivity contribution in [1.82, 2.24) is 5.48 Å². The Morgan fingerprint density at radius 2 is 1.47 bits per heavy atom. The molecule has 0 aromatic heterocycles. The van der Waals surface area contributed by atoms with Crippen LogP contribution in [0.3, 0.4) is 0 Å². The first-order valence-electron chi connectivity index (χ1n) is 6.57. The third-order valence-corrected chi connectivity index (χ3v) is 2.80. The van der Waals surface area contributed by atoms with Gasteiger partial charge in [0.1, 0.15) is 0 Å². The number of carbonyl (C=O) groups excluding carboxylic acids is 1. The molecule has 0 fully saturated rings. The first kappa shape index (κ1) is 19.8. The van der Waals surface area contributed by atoms with E-state index in [1.165, 1.54) is 44.0 Å². The van der Waals surface area contributed by atoms with Crippen molar-refractivity contribution in [1.29, 1.82) is 0 Å². The van der Waals surface area contributed by atoms with E-state index in [2.05, 4.69) is 13.8 Å². The summed E-state index contributed by atoms with van der Waals surface area (Å²) in [5.41, 5.74) is 1.41. The number of hydrogen-bond acceptors (Lipinski definition) is 2. The summed E-state index contributed by atoms with van der Waals surface area (Å²) in [4.78, 5) is 10.6. The number of carbonyl (C=O) groups is 1. The van der Waals surface area contributed by atoms with Crippen molar-refractivity contribution in [2.24, 2.45) is 5.92 Å². The van der Waals surface area contributed by atoms with Crippen LogP contribution in [-0.4, -0.2) is 5.91 Å². The number of hydrogen-bond donors (Lipinski definition) is 1. The molecular weight excluding hydrogens is 225 g/mol. The summed E-state index contributed by atoms with van der Waals surface area (Å²) in [6.07, 6.45) is 10.1. The van der Waals surface area contributed by atoms with Crippen LogP contribution in [0.5, 0.6) is 0 Å². The van der Waals surface area contributed by atoms with Crippen LogP contribution in [0.2, 0.25) is 0 Å². The summed E-state index contributed by atoms with van der Waals surface area (Å²) < 4.78 is 0. The number of hydroxylamine groups is 1. The van der Waals surface area contributed by atoms with Gasteiger partial charge in [0.15, 0.2) is 0 Å². The van der Waals surface area contributed by atoms with Gasteiger partial charge in [-0.25, -0.2) is 0 Å². The van der Waals surface area contributed by atoms with Gasteiger partial charge in [-0.05, 0) is 12.3 Å². The topological polar surface area (TPSA) is 52.2 Å². The zero-order valence-corrected chi connectivity index (χ0v) is 13.8. The monoisotopic (exact) mass is 251 g/mol. The fraction of sp³-hybridized carbons (Fsp3) is 0.923. The largest absolute Gasteiger partial charge is 1.00 e. The van der Waals surface area contributed by atoms with Crippen molar-refractivity contribution in [3.63, 3.8) is 0 Å². The van der Waals surface area contributed by atoms with Crippen LogP contribution in [0.15, 0.2) is 0 Å². The molecule has 0 bridgehead atoms. The zero-order valence-electron chi connectivity index (χ0n) is 11.8. The van der Waals surface area contributed by atoms with Crippen molar-refractivity contribution in [2.75, 3.05) is 0 Å². The van der Waals surface area contributed by atoms with Gasteiger partial charge in [-0.3, -0.25) is 4.79 Å². The summed E-state index contributed by atoms with van der Waals surface area (Å²) in [7, 11) is 0.